The molecular formula is C19H19N3O2S. The topological polar surface area (TPSA) is 66.1 Å². The number of rotatable bonds is 3. The first kappa shape index (κ1) is 16.0. The summed E-state index contributed by atoms with van der Waals surface area (Å²) < 4.78 is 0. The molecule has 1 saturated heterocycles. The highest BCUT2D eigenvalue weighted by molar-refractivity contribution is 7.12. The number of Topliss-reactive ketones (excluding diaryl/α,β-unsaturated/α-hetero) is 1. The van der Waals surface area contributed by atoms with Gasteiger partial charge in [-0.3, -0.25) is 9.59 Å². The third-order valence-electron chi connectivity index (χ3n) is 4.75. The van der Waals surface area contributed by atoms with Crippen LogP contribution in [-0.4, -0.2) is 39.6 Å². The van der Waals surface area contributed by atoms with E-state index >= 15 is 0 Å². The molecule has 5 nitrogen and oxygen atoms in total. The van der Waals surface area contributed by atoms with E-state index in [1.807, 2.05) is 17.0 Å². The van der Waals surface area contributed by atoms with Crippen LogP contribution < -0.4 is 0 Å². The third-order valence-corrected chi connectivity index (χ3v) is 5.79. The van der Waals surface area contributed by atoms with Crippen LogP contribution in [0.15, 0.2) is 35.8 Å². The maximum atomic E-state index is 12.8. The summed E-state index contributed by atoms with van der Waals surface area (Å²) in [6.07, 6.45) is 3.81. The summed E-state index contributed by atoms with van der Waals surface area (Å²) in [6.45, 7) is 2.98. The van der Waals surface area contributed by atoms with E-state index < -0.39 is 0 Å². The van der Waals surface area contributed by atoms with Crippen LogP contribution in [0.5, 0.6) is 0 Å². The highest BCUT2D eigenvalue weighted by Crippen LogP contribution is 2.29. The van der Waals surface area contributed by atoms with E-state index in [1.165, 1.54) is 18.3 Å². The zero-order valence-corrected chi connectivity index (χ0v) is 14.8. The van der Waals surface area contributed by atoms with Crippen molar-refractivity contribution < 1.29 is 9.59 Å². The SMILES string of the molecule is CC(=O)c1cc(C(=O)N2CCC[C@@H](c3cc4cccnc4[nH]3)C2)cs1. The Morgan fingerprint density at radius 3 is 3.00 bits per heavy atom. The van der Waals surface area contributed by atoms with Gasteiger partial charge in [0.25, 0.3) is 5.91 Å². The number of hydrogen-bond donors (Lipinski definition) is 1. The molecule has 0 aliphatic carbocycles. The normalized spacial score (nSPS) is 17.8. The number of aromatic amines is 1. The van der Waals surface area contributed by atoms with Crippen LogP contribution >= 0.6 is 11.3 Å². The molecular weight excluding hydrogens is 334 g/mol. The number of ketones is 1. The molecule has 1 atom stereocenters. The number of amides is 1. The number of aromatic nitrogens is 2. The number of H-pyrrole nitrogens is 1. The fourth-order valence-electron chi connectivity index (χ4n) is 3.43. The van der Waals surface area contributed by atoms with E-state index in [1.54, 1.807) is 17.6 Å². The quantitative estimate of drug-likeness (QED) is 0.728. The molecule has 1 aliphatic rings. The first-order valence-electron chi connectivity index (χ1n) is 8.44. The fourth-order valence-corrected chi connectivity index (χ4v) is 4.21. The predicted octanol–water partition coefficient (Wildman–Crippen LogP) is 3.85. The van der Waals surface area contributed by atoms with Gasteiger partial charge >= 0.3 is 0 Å². The largest absolute Gasteiger partial charge is 0.343 e. The van der Waals surface area contributed by atoms with E-state index in [2.05, 4.69) is 16.0 Å². The maximum absolute atomic E-state index is 12.8. The van der Waals surface area contributed by atoms with Crippen molar-refractivity contribution in [2.75, 3.05) is 13.1 Å². The van der Waals surface area contributed by atoms with E-state index in [4.69, 9.17) is 0 Å². The van der Waals surface area contributed by atoms with Gasteiger partial charge in [-0.15, -0.1) is 11.3 Å². The van der Waals surface area contributed by atoms with E-state index in [0.717, 1.165) is 36.1 Å². The van der Waals surface area contributed by atoms with Gasteiger partial charge in [-0.1, -0.05) is 0 Å². The lowest BCUT2D eigenvalue weighted by molar-refractivity contribution is 0.0706. The van der Waals surface area contributed by atoms with Crippen LogP contribution in [0.4, 0.5) is 0 Å². The Morgan fingerprint density at radius 1 is 1.36 bits per heavy atom. The minimum atomic E-state index is 0.00569. The van der Waals surface area contributed by atoms with Gasteiger partial charge in [0.05, 0.1) is 10.4 Å². The average molecular weight is 353 g/mol. The van der Waals surface area contributed by atoms with E-state index in [-0.39, 0.29) is 17.6 Å². The maximum Gasteiger partial charge on any atom is 0.254 e. The Morgan fingerprint density at radius 2 is 2.24 bits per heavy atom. The summed E-state index contributed by atoms with van der Waals surface area (Å²) in [7, 11) is 0. The molecule has 6 heteroatoms. The number of carbonyl (C=O) groups is 2. The summed E-state index contributed by atoms with van der Waals surface area (Å²) in [6, 6.07) is 7.83. The first-order valence-corrected chi connectivity index (χ1v) is 9.32. The molecule has 25 heavy (non-hydrogen) atoms. The smallest absolute Gasteiger partial charge is 0.254 e. The monoisotopic (exact) mass is 353 g/mol. The van der Waals surface area contributed by atoms with Gasteiger partial charge in [-0.25, -0.2) is 4.98 Å². The summed E-state index contributed by atoms with van der Waals surface area (Å²) in [5.41, 5.74) is 2.65. The third kappa shape index (κ3) is 3.09. The highest BCUT2D eigenvalue weighted by Gasteiger charge is 2.27. The van der Waals surface area contributed by atoms with Crippen molar-refractivity contribution in [2.45, 2.75) is 25.7 Å². The molecule has 4 rings (SSSR count). The molecule has 128 valence electrons. The summed E-state index contributed by atoms with van der Waals surface area (Å²) >= 11 is 1.34. The lowest BCUT2D eigenvalue weighted by Crippen LogP contribution is -2.39. The van der Waals surface area contributed by atoms with Crippen LogP contribution in [0.25, 0.3) is 11.0 Å². The Labute approximate surface area is 149 Å². The summed E-state index contributed by atoms with van der Waals surface area (Å²) in [5, 5.41) is 2.89. The van der Waals surface area contributed by atoms with E-state index in [0.29, 0.717) is 17.0 Å². The first-order chi connectivity index (χ1) is 12.1. The van der Waals surface area contributed by atoms with Gasteiger partial charge in [-0.2, -0.15) is 0 Å². The Hall–Kier alpha value is -2.47. The molecule has 1 N–H and O–H groups in total. The van der Waals surface area contributed by atoms with Crippen LogP contribution in [0.2, 0.25) is 0 Å². The van der Waals surface area contributed by atoms with Crippen molar-refractivity contribution in [1.29, 1.82) is 0 Å². The molecule has 0 saturated carbocycles. The van der Waals surface area contributed by atoms with Crippen molar-refractivity contribution >= 4 is 34.1 Å². The Balaban J connectivity index is 1.53. The lowest BCUT2D eigenvalue weighted by atomic mass is 9.94. The van der Waals surface area contributed by atoms with Crippen LogP contribution in [-0.2, 0) is 0 Å². The standard InChI is InChI=1S/C19H19N3O2S/c1-12(23)17-9-15(11-25-17)19(24)22-7-3-5-14(10-22)16-8-13-4-2-6-20-18(13)21-16/h2,4,6,8-9,11,14H,3,5,7,10H2,1H3,(H,20,21)/t14-/m1/s1. The number of pyridine rings is 1. The van der Waals surface area contributed by atoms with Crippen LogP contribution in [0.1, 0.15) is 51.4 Å². The predicted molar refractivity (Wildman–Crippen MR) is 98.3 cm³/mol. The van der Waals surface area contributed by atoms with Crippen molar-refractivity contribution in [3.05, 3.63) is 52.0 Å². The van der Waals surface area contributed by atoms with Gasteiger partial charge in [0.1, 0.15) is 5.65 Å². The summed E-state index contributed by atoms with van der Waals surface area (Å²) in [5.74, 6) is 0.312. The fraction of sp³-hybridized carbons (Fsp3) is 0.316. The molecule has 0 spiro atoms. The molecule has 1 fully saturated rings. The number of thiophene rings is 1. The number of piperidine rings is 1. The molecule has 3 aromatic heterocycles. The molecule has 3 aromatic rings. The molecule has 4 heterocycles. The van der Waals surface area contributed by atoms with Crippen LogP contribution in [0, 0.1) is 0 Å². The van der Waals surface area contributed by atoms with Crippen LogP contribution in [0.3, 0.4) is 0 Å². The number of fused-ring (bicyclic) bond motifs is 1. The van der Waals surface area contributed by atoms with Gasteiger partial charge in [0.2, 0.25) is 0 Å². The van der Waals surface area contributed by atoms with Crippen molar-refractivity contribution in [2.24, 2.45) is 0 Å². The number of hydrogen-bond acceptors (Lipinski definition) is 4. The Bertz CT molecular complexity index is 910. The second kappa shape index (κ2) is 6.44. The molecule has 1 amide bonds. The average Bonchev–Trinajstić information content (AvgIpc) is 3.28. The molecule has 0 bridgehead atoms. The van der Waals surface area contributed by atoms with Gasteiger partial charge in [0, 0.05) is 41.7 Å². The Kier molecular flexibility index (Phi) is 4.13. The molecule has 0 aromatic carbocycles. The minimum absolute atomic E-state index is 0.00569. The number of nitrogens with one attached hydrogen (secondary N) is 1. The molecule has 0 unspecified atom stereocenters. The number of likely N-dealkylation sites (tertiary alicyclic amines) is 1. The molecule has 0 radical (unpaired) electrons. The van der Waals surface area contributed by atoms with Crippen molar-refractivity contribution in [1.82, 2.24) is 14.9 Å². The van der Waals surface area contributed by atoms with Gasteiger partial charge in [0.15, 0.2) is 5.78 Å². The highest BCUT2D eigenvalue weighted by atomic mass is 32.1. The summed E-state index contributed by atoms with van der Waals surface area (Å²) in [4.78, 5) is 34.5. The van der Waals surface area contributed by atoms with Gasteiger partial charge in [-0.05, 0) is 44.0 Å². The van der Waals surface area contributed by atoms with Crippen molar-refractivity contribution in [3.8, 4) is 0 Å². The number of carbonyl (C=O) groups excluding carboxylic acids is 2. The zero-order valence-electron chi connectivity index (χ0n) is 14.0. The zero-order chi connectivity index (χ0) is 17.4. The lowest BCUT2D eigenvalue weighted by Gasteiger charge is -2.32. The minimum Gasteiger partial charge on any atom is -0.343 e. The van der Waals surface area contributed by atoms with Crippen molar-refractivity contribution in [3.63, 3.8) is 0 Å². The number of nitrogens with zero attached hydrogens (tertiary/aromatic N) is 2. The second-order valence-electron chi connectivity index (χ2n) is 6.51. The van der Waals surface area contributed by atoms with E-state index in [9.17, 15) is 9.59 Å². The second-order valence-corrected chi connectivity index (χ2v) is 7.42. The van der Waals surface area contributed by atoms with Gasteiger partial charge < -0.3 is 9.88 Å². The molecule has 1 aliphatic heterocycles.